The Morgan fingerprint density at radius 1 is 0.731 bits per heavy atom. The second-order valence-electron chi connectivity index (χ2n) is 6.21. The lowest BCUT2D eigenvalue weighted by atomic mass is 10.0. The molecule has 26 heavy (non-hydrogen) atoms. The van der Waals surface area contributed by atoms with Crippen LogP contribution in [0.15, 0.2) is 78.9 Å². The summed E-state index contributed by atoms with van der Waals surface area (Å²) in [4.78, 5) is 24.8. The first kappa shape index (κ1) is 17.6. The highest BCUT2D eigenvalue weighted by atomic mass is 16.5. The van der Waals surface area contributed by atoms with Gasteiger partial charge in [0.2, 0.25) is 5.78 Å². The predicted octanol–water partition coefficient (Wildman–Crippen LogP) is 4.88. The molecule has 0 aliphatic heterocycles. The third-order valence-electron chi connectivity index (χ3n) is 4.17. The van der Waals surface area contributed by atoms with Crippen LogP contribution in [-0.4, -0.2) is 17.7 Å². The number of rotatable bonds is 6. The van der Waals surface area contributed by atoms with E-state index in [1.807, 2.05) is 37.3 Å². The van der Waals surface area contributed by atoms with Crippen LogP contribution < -0.4 is 4.74 Å². The van der Waals surface area contributed by atoms with Crippen LogP contribution in [0.3, 0.4) is 0 Å². The van der Waals surface area contributed by atoms with E-state index in [1.165, 1.54) is 0 Å². The van der Waals surface area contributed by atoms with Crippen molar-refractivity contribution in [1.82, 2.24) is 0 Å². The summed E-state index contributed by atoms with van der Waals surface area (Å²) < 4.78 is 5.74. The molecule has 0 spiro atoms. The topological polar surface area (TPSA) is 43.4 Å². The number of carbonyl (C=O) groups excluding carboxylic acids is 2. The molecule has 3 aromatic rings. The molecule has 3 heteroatoms. The van der Waals surface area contributed by atoms with Crippen LogP contribution in [0.1, 0.15) is 38.8 Å². The Morgan fingerprint density at radius 2 is 1.27 bits per heavy atom. The number of ketones is 2. The first-order chi connectivity index (χ1) is 12.5. The molecule has 0 radical (unpaired) electrons. The first-order valence-electron chi connectivity index (χ1n) is 8.52. The lowest BCUT2D eigenvalue weighted by Crippen LogP contribution is -2.23. The van der Waals surface area contributed by atoms with E-state index in [1.54, 1.807) is 55.5 Å². The van der Waals surface area contributed by atoms with Crippen LogP contribution in [0.25, 0.3) is 0 Å². The summed E-state index contributed by atoms with van der Waals surface area (Å²) in [6, 6.07) is 23.4. The highest BCUT2D eigenvalue weighted by Gasteiger charge is 2.17. The van der Waals surface area contributed by atoms with E-state index in [0.29, 0.717) is 22.4 Å². The molecule has 1 atom stereocenters. The van der Waals surface area contributed by atoms with Gasteiger partial charge in [0, 0.05) is 16.7 Å². The summed E-state index contributed by atoms with van der Waals surface area (Å²) in [6.07, 6.45) is -0.603. The number of hydrogen-bond acceptors (Lipinski definition) is 3. The van der Waals surface area contributed by atoms with E-state index in [0.717, 1.165) is 5.56 Å². The van der Waals surface area contributed by atoms with Crippen molar-refractivity contribution in [1.29, 1.82) is 0 Å². The zero-order chi connectivity index (χ0) is 18.5. The molecule has 3 rings (SSSR count). The second kappa shape index (κ2) is 7.79. The smallest absolute Gasteiger partial charge is 0.202 e. The summed E-state index contributed by atoms with van der Waals surface area (Å²) in [5.74, 6) is 0.443. The summed E-state index contributed by atoms with van der Waals surface area (Å²) in [6.45, 7) is 3.71. The van der Waals surface area contributed by atoms with Gasteiger partial charge in [-0.3, -0.25) is 9.59 Å². The zero-order valence-electron chi connectivity index (χ0n) is 14.8. The van der Waals surface area contributed by atoms with Gasteiger partial charge in [-0.1, -0.05) is 60.2 Å². The molecular weight excluding hydrogens is 324 g/mol. The fourth-order valence-electron chi connectivity index (χ4n) is 2.65. The molecule has 0 bridgehead atoms. The molecule has 0 aliphatic rings. The molecule has 0 unspecified atom stereocenters. The van der Waals surface area contributed by atoms with E-state index < -0.39 is 6.10 Å². The fourth-order valence-corrected chi connectivity index (χ4v) is 2.65. The van der Waals surface area contributed by atoms with Crippen LogP contribution in [0.2, 0.25) is 0 Å². The molecule has 0 amide bonds. The Hall–Kier alpha value is -3.20. The molecule has 3 aromatic carbocycles. The fraction of sp³-hybridized carbons (Fsp3) is 0.130. The molecule has 0 saturated carbocycles. The van der Waals surface area contributed by atoms with Gasteiger partial charge >= 0.3 is 0 Å². The molecule has 0 aromatic heterocycles. The van der Waals surface area contributed by atoms with Crippen LogP contribution in [0.5, 0.6) is 5.75 Å². The lowest BCUT2D eigenvalue weighted by molar-refractivity contribution is 0.0817. The monoisotopic (exact) mass is 344 g/mol. The van der Waals surface area contributed by atoms with Crippen molar-refractivity contribution in [2.45, 2.75) is 20.0 Å². The second-order valence-corrected chi connectivity index (χ2v) is 6.21. The van der Waals surface area contributed by atoms with Gasteiger partial charge in [-0.15, -0.1) is 0 Å². The molecular formula is C23H20O3. The van der Waals surface area contributed by atoms with E-state index in [2.05, 4.69) is 0 Å². The maximum absolute atomic E-state index is 12.4. The molecule has 0 aliphatic carbocycles. The van der Waals surface area contributed by atoms with Crippen molar-refractivity contribution in [3.05, 3.63) is 101 Å². The lowest BCUT2D eigenvalue weighted by Gasteiger charge is -2.14. The van der Waals surface area contributed by atoms with Crippen molar-refractivity contribution < 1.29 is 14.3 Å². The highest BCUT2D eigenvalue weighted by Crippen LogP contribution is 2.18. The Morgan fingerprint density at radius 3 is 1.88 bits per heavy atom. The molecule has 0 saturated heterocycles. The molecule has 0 fully saturated rings. The highest BCUT2D eigenvalue weighted by molar-refractivity contribution is 6.09. The maximum Gasteiger partial charge on any atom is 0.202 e. The number of ether oxygens (including phenoxy) is 1. The minimum absolute atomic E-state index is 0.0408. The number of Topliss-reactive ketones (excluding diaryl/α,β-unsaturated/α-hetero) is 1. The van der Waals surface area contributed by atoms with Gasteiger partial charge in [-0.2, -0.15) is 0 Å². The number of carbonyl (C=O) groups is 2. The normalized spacial score (nSPS) is 11.6. The van der Waals surface area contributed by atoms with Gasteiger partial charge in [-0.05, 0) is 38.1 Å². The summed E-state index contributed by atoms with van der Waals surface area (Å²) in [7, 11) is 0. The minimum Gasteiger partial charge on any atom is -0.483 e. The van der Waals surface area contributed by atoms with E-state index in [9.17, 15) is 9.59 Å². The quantitative estimate of drug-likeness (QED) is 0.599. The van der Waals surface area contributed by atoms with Crippen LogP contribution in [-0.2, 0) is 0 Å². The minimum atomic E-state index is -0.603. The Kier molecular flexibility index (Phi) is 5.28. The largest absolute Gasteiger partial charge is 0.483 e. The Labute approximate surface area is 153 Å². The van der Waals surface area contributed by atoms with E-state index >= 15 is 0 Å². The van der Waals surface area contributed by atoms with Crippen LogP contribution in [0, 0.1) is 6.92 Å². The average Bonchev–Trinajstić information content (AvgIpc) is 2.68. The van der Waals surface area contributed by atoms with Crippen molar-refractivity contribution >= 4 is 11.6 Å². The van der Waals surface area contributed by atoms with Gasteiger partial charge in [0.05, 0.1) is 0 Å². The summed E-state index contributed by atoms with van der Waals surface area (Å²) in [5, 5.41) is 0. The Bertz CT molecular complexity index is 894. The van der Waals surface area contributed by atoms with Crippen molar-refractivity contribution in [2.75, 3.05) is 0 Å². The summed E-state index contributed by atoms with van der Waals surface area (Å²) in [5.41, 5.74) is 2.96. The number of benzene rings is 3. The first-order valence-corrected chi connectivity index (χ1v) is 8.52. The molecule has 130 valence electrons. The van der Waals surface area contributed by atoms with Crippen molar-refractivity contribution in [3.8, 4) is 5.75 Å². The maximum atomic E-state index is 12.4. The Balaban J connectivity index is 1.68. The van der Waals surface area contributed by atoms with Crippen LogP contribution >= 0.6 is 0 Å². The van der Waals surface area contributed by atoms with Gasteiger partial charge in [0.15, 0.2) is 11.9 Å². The molecule has 0 heterocycles. The number of hydrogen-bond donors (Lipinski definition) is 0. The summed E-state index contributed by atoms with van der Waals surface area (Å²) >= 11 is 0. The van der Waals surface area contributed by atoms with Gasteiger partial charge < -0.3 is 4.74 Å². The SMILES string of the molecule is Cc1ccc(C(=O)[C@H](C)Oc2ccc(C(=O)c3ccccc3)cc2)cc1. The molecule has 3 nitrogen and oxygen atoms in total. The van der Waals surface area contributed by atoms with Gasteiger partial charge in [0.1, 0.15) is 5.75 Å². The van der Waals surface area contributed by atoms with E-state index in [-0.39, 0.29) is 11.6 Å². The van der Waals surface area contributed by atoms with E-state index in [4.69, 9.17) is 4.74 Å². The van der Waals surface area contributed by atoms with Gasteiger partial charge in [-0.25, -0.2) is 0 Å². The standard InChI is InChI=1S/C23H20O3/c1-16-8-10-19(11-9-16)22(24)17(2)26-21-14-12-20(13-15-21)23(25)18-6-4-3-5-7-18/h3-15,17H,1-2H3/t17-/m0/s1. The zero-order valence-corrected chi connectivity index (χ0v) is 14.8. The third-order valence-corrected chi connectivity index (χ3v) is 4.17. The average molecular weight is 344 g/mol. The van der Waals surface area contributed by atoms with Crippen molar-refractivity contribution in [3.63, 3.8) is 0 Å². The predicted molar refractivity (Wildman–Crippen MR) is 102 cm³/mol. The molecule has 0 N–H and O–H groups in total. The van der Waals surface area contributed by atoms with Crippen LogP contribution in [0.4, 0.5) is 0 Å². The third kappa shape index (κ3) is 4.06. The van der Waals surface area contributed by atoms with Crippen molar-refractivity contribution in [2.24, 2.45) is 0 Å². The number of aryl methyl sites for hydroxylation is 1. The van der Waals surface area contributed by atoms with Gasteiger partial charge in [0.25, 0.3) is 0 Å².